The van der Waals surface area contributed by atoms with Gasteiger partial charge >= 0.3 is 0 Å². The molecule has 0 aromatic heterocycles. The maximum Gasteiger partial charge on any atom is 0.260 e. The molecule has 0 unspecified atom stereocenters. The number of hydrogen-bond acceptors (Lipinski definition) is 3. The summed E-state index contributed by atoms with van der Waals surface area (Å²) in [6, 6.07) is 13.0. The molecule has 2 aromatic carbocycles. The van der Waals surface area contributed by atoms with E-state index in [1.165, 1.54) is 0 Å². The molecule has 3 rings (SSSR count). The zero-order valence-electron chi connectivity index (χ0n) is 15.3. The fourth-order valence-electron chi connectivity index (χ4n) is 3.09. The third-order valence-electron chi connectivity index (χ3n) is 4.62. The molecule has 1 atom stereocenters. The molecule has 0 bridgehead atoms. The third-order valence-corrected chi connectivity index (χ3v) is 5.21. The standard InChI is InChI=1S/C21H23Cl2NO3/c1-15-5-2-3-7-20(15)27-14-21(25)24(13-18-6-4-10-26-18)12-16-8-9-17(22)11-19(16)23/h2-3,5,7-9,11,18H,4,6,10,12-14H2,1H3/t18-/m1/s1. The van der Waals surface area contributed by atoms with E-state index in [1.807, 2.05) is 37.3 Å². The number of carbonyl (C=O) groups is 1. The molecule has 1 heterocycles. The molecule has 0 saturated carbocycles. The molecular formula is C21H23Cl2NO3. The van der Waals surface area contributed by atoms with E-state index >= 15 is 0 Å². The number of rotatable bonds is 7. The van der Waals surface area contributed by atoms with Crippen LogP contribution in [0.3, 0.4) is 0 Å². The Labute approximate surface area is 170 Å². The lowest BCUT2D eigenvalue weighted by Crippen LogP contribution is -2.39. The summed E-state index contributed by atoms with van der Waals surface area (Å²) >= 11 is 12.3. The summed E-state index contributed by atoms with van der Waals surface area (Å²) in [6.45, 7) is 3.59. The summed E-state index contributed by atoms with van der Waals surface area (Å²) < 4.78 is 11.5. The second-order valence-electron chi connectivity index (χ2n) is 6.70. The van der Waals surface area contributed by atoms with Crippen LogP contribution in [-0.4, -0.2) is 36.7 Å². The molecule has 0 aliphatic carbocycles. The highest BCUT2D eigenvalue weighted by Crippen LogP contribution is 2.24. The topological polar surface area (TPSA) is 38.8 Å². The molecule has 27 heavy (non-hydrogen) atoms. The van der Waals surface area contributed by atoms with Crippen molar-refractivity contribution in [3.63, 3.8) is 0 Å². The minimum atomic E-state index is -0.0974. The minimum Gasteiger partial charge on any atom is -0.484 e. The monoisotopic (exact) mass is 407 g/mol. The third kappa shape index (κ3) is 5.61. The summed E-state index contributed by atoms with van der Waals surface area (Å²) in [6.07, 6.45) is 2.03. The van der Waals surface area contributed by atoms with E-state index in [9.17, 15) is 4.79 Å². The average Bonchev–Trinajstić information content (AvgIpc) is 3.15. The van der Waals surface area contributed by atoms with Crippen molar-refractivity contribution in [3.8, 4) is 5.75 Å². The van der Waals surface area contributed by atoms with Crippen LogP contribution in [0.4, 0.5) is 0 Å². The van der Waals surface area contributed by atoms with Crippen LogP contribution in [0.15, 0.2) is 42.5 Å². The summed E-state index contributed by atoms with van der Waals surface area (Å²) in [5, 5.41) is 1.12. The summed E-state index contributed by atoms with van der Waals surface area (Å²) in [5.74, 6) is 0.618. The van der Waals surface area contributed by atoms with Crippen LogP contribution in [0.5, 0.6) is 5.75 Å². The van der Waals surface area contributed by atoms with Gasteiger partial charge in [0.25, 0.3) is 5.91 Å². The highest BCUT2D eigenvalue weighted by Gasteiger charge is 2.24. The van der Waals surface area contributed by atoms with Gasteiger partial charge in [-0.3, -0.25) is 4.79 Å². The Balaban J connectivity index is 1.70. The lowest BCUT2D eigenvalue weighted by atomic mass is 10.1. The van der Waals surface area contributed by atoms with Gasteiger partial charge < -0.3 is 14.4 Å². The molecule has 1 aliphatic rings. The molecule has 1 aliphatic heterocycles. The summed E-state index contributed by atoms with van der Waals surface area (Å²) in [7, 11) is 0. The van der Waals surface area contributed by atoms with Crippen LogP contribution in [0.2, 0.25) is 10.0 Å². The molecular weight excluding hydrogens is 385 g/mol. The van der Waals surface area contributed by atoms with E-state index in [0.29, 0.717) is 28.9 Å². The van der Waals surface area contributed by atoms with Gasteiger partial charge in [-0.25, -0.2) is 0 Å². The van der Waals surface area contributed by atoms with E-state index in [4.69, 9.17) is 32.7 Å². The van der Waals surface area contributed by atoms with Gasteiger partial charge in [-0.2, -0.15) is 0 Å². The predicted molar refractivity (Wildman–Crippen MR) is 108 cm³/mol. The fraction of sp³-hybridized carbons (Fsp3) is 0.381. The summed E-state index contributed by atoms with van der Waals surface area (Å²) in [5.41, 5.74) is 1.85. The first-order chi connectivity index (χ1) is 13.0. The number of carbonyl (C=O) groups excluding carboxylic acids is 1. The van der Waals surface area contributed by atoms with E-state index in [2.05, 4.69) is 0 Å². The van der Waals surface area contributed by atoms with Gasteiger partial charge in [0.1, 0.15) is 5.75 Å². The largest absolute Gasteiger partial charge is 0.484 e. The highest BCUT2D eigenvalue weighted by atomic mass is 35.5. The number of ether oxygens (including phenoxy) is 2. The Hall–Kier alpha value is -1.75. The minimum absolute atomic E-state index is 0.0250. The molecule has 2 aromatic rings. The highest BCUT2D eigenvalue weighted by molar-refractivity contribution is 6.35. The molecule has 1 fully saturated rings. The smallest absolute Gasteiger partial charge is 0.260 e. The lowest BCUT2D eigenvalue weighted by molar-refractivity contribution is -0.135. The predicted octanol–water partition coefficient (Wildman–Crippen LogP) is 4.89. The molecule has 144 valence electrons. The van der Waals surface area contributed by atoms with Crippen molar-refractivity contribution in [2.45, 2.75) is 32.4 Å². The van der Waals surface area contributed by atoms with Crippen molar-refractivity contribution in [1.29, 1.82) is 0 Å². The van der Waals surface area contributed by atoms with Crippen LogP contribution in [0.25, 0.3) is 0 Å². The molecule has 1 saturated heterocycles. The number of aryl methyl sites for hydroxylation is 1. The van der Waals surface area contributed by atoms with E-state index in [1.54, 1.807) is 17.0 Å². The van der Waals surface area contributed by atoms with Crippen LogP contribution in [0, 0.1) is 6.92 Å². The second kappa shape index (κ2) is 9.45. The number of halogens is 2. The number of para-hydroxylation sites is 1. The average molecular weight is 408 g/mol. The van der Waals surface area contributed by atoms with Gasteiger partial charge in [-0.15, -0.1) is 0 Å². The van der Waals surface area contributed by atoms with Crippen molar-refractivity contribution in [1.82, 2.24) is 4.90 Å². The van der Waals surface area contributed by atoms with Crippen LogP contribution in [-0.2, 0) is 16.1 Å². The number of benzene rings is 2. The van der Waals surface area contributed by atoms with Gasteiger partial charge in [0.15, 0.2) is 6.61 Å². The van der Waals surface area contributed by atoms with Gasteiger partial charge in [0.2, 0.25) is 0 Å². The Morgan fingerprint density at radius 2 is 2.07 bits per heavy atom. The van der Waals surface area contributed by atoms with Crippen LogP contribution >= 0.6 is 23.2 Å². The van der Waals surface area contributed by atoms with Crippen molar-refractivity contribution in [2.75, 3.05) is 19.8 Å². The Kier molecular flexibility index (Phi) is 7.00. The van der Waals surface area contributed by atoms with Gasteiger partial charge in [0.05, 0.1) is 6.10 Å². The lowest BCUT2D eigenvalue weighted by Gasteiger charge is -2.26. The quantitative estimate of drug-likeness (QED) is 0.655. The molecule has 0 N–H and O–H groups in total. The first-order valence-corrected chi connectivity index (χ1v) is 9.80. The molecule has 0 spiro atoms. The molecule has 4 nitrogen and oxygen atoms in total. The first kappa shape index (κ1) is 20.0. The van der Waals surface area contributed by atoms with Crippen LogP contribution < -0.4 is 4.74 Å². The Bertz CT molecular complexity index is 791. The van der Waals surface area contributed by atoms with E-state index < -0.39 is 0 Å². The van der Waals surface area contributed by atoms with Gasteiger partial charge in [-0.1, -0.05) is 47.5 Å². The SMILES string of the molecule is Cc1ccccc1OCC(=O)N(Cc1ccc(Cl)cc1Cl)C[C@H]1CCCO1. The number of nitrogens with zero attached hydrogens (tertiary/aromatic N) is 1. The molecule has 6 heteroatoms. The Morgan fingerprint density at radius 3 is 2.78 bits per heavy atom. The maximum atomic E-state index is 12.9. The fourth-order valence-corrected chi connectivity index (χ4v) is 3.56. The van der Waals surface area contributed by atoms with Gasteiger partial charge in [0, 0.05) is 29.7 Å². The number of hydrogen-bond donors (Lipinski definition) is 0. The van der Waals surface area contributed by atoms with Crippen molar-refractivity contribution in [2.24, 2.45) is 0 Å². The van der Waals surface area contributed by atoms with Gasteiger partial charge in [-0.05, 0) is 49.1 Å². The zero-order valence-corrected chi connectivity index (χ0v) is 16.8. The molecule has 1 amide bonds. The summed E-state index contributed by atoms with van der Waals surface area (Å²) in [4.78, 5) is 14.6. The van der Waals surface area contributed by atoms with Crippen molar-refractivity contribution in [3.05, 3.63) is 63.6 Å². The Morgan fingerprint density at radius 1 is 1.26 bits per heavy atom. The first-order valence-electron chi connectivity index (χ1n) is 9.04. The van der Waals surface area contributed by atoms with Crippen LogP contribution in [0.1, 0.15) is 24.0 Å². The maximum absolute atomic E-state index is 12.9. The van der Waals surface area contributed by atoms with Crippen molar-refractivity contribution < 1.29 is 14.3 Å². The van der Waals surface area contributed by atoms with Crippen molar-refractivity contribution >= 4 is 29.1 Å². The number of amides is 1. The molecule has 0 radical (unpaired) electrons. The second-order valence-corrected chi connectivity index (χ2v) is 7.54. The zero-order chi connectivity index (χ0) is 19.2. The normalized spacial score (nSPS) is 16.3. The van der Waals surface area contributed by atoms with E-state index in [-0.39, 0.29) is 18.6 Å². The van der Waals surface area contributed by atoms with E-state index in [0.717, 1.165) is 30.6 Å².